The van der Waals surface area contributed by atoms with Gasteiger partial charge in [0.15, 0.2) is 18.2 Å². The Kier molecular flexibility index (Phi) is 4.85. The van der Waals surface area contributed by atoms with Gasteiger partial charge in [0.05, 0.1) is 4.92 Å². The molecule has 0 heterocycles. The maximum absolute atomic E-state index is 13.4. The summed E-state index contributed by atoms with van der Waals surface area (Å²) >= 11 is 0. The summed E-state index contributed by atoms with van der Waals surface area (Å²) < 4.78 is 31.2. The third kappa shape index (κ3) is 4.00. The predicted molar refractivity (Wildman–Crippen MR) is 78.4 cm³/mol. The Hall–Kier alpha value is -3.03. The molecule has 0 aromatic heterocycles. The number of anilines is 1. The lowest BCUT2D eigenvalue weighted by Gasteiger charge is -2.17. The fraction of sp³-hybridized carbons (Fsp3) is 0.133. The number of rotatable bonds is 5. The number of nitrogens with zero attached hydrogens (tertiary/aromatic N) is 2. The van der Waals surface area contributed by atoms with Crippen LogP contribution in [0.4, 0.5) is 20.2 Å². The Morgan fingerprint density at radius 3 is 2.43 bits per heavy atom. The van der Waals surface area contributed by atoms with Gasteiger partial charge in [-0.2, -0.15) is 0 Å². The van der Waals surface area contributed by atoms with Crippen LogP contribution in [-0.4, -0.2) is 24.5 Å². The highest BCUT2D eigenvalue weighted by atomic mass is 19.1. The average Bonchev–Trinajstić information content (AvgIpc) is 2.53. The molecule has 0 aliphatic heterocycles. The normalized spacial score (nSPS) is 10.2. The molecular weight excluding hydrogens is 310 g/mol. The van der Waals surface area contributed by atoms with Crippen LogP contribution in [0.2, 0.25) is 0 Å². The molecule has 0 aliphatic rings. The van der Waals surface area contributed by atoms with Crippen LogP contribution in [0.1, 0.15) is 0 Å². The number of halogens is 2. The zero-order valence-corrected chi connectivity index (χ0v) is 12.0. The van der Waals surface area contributed by atoms with Gasteiger partial charge in [0.25, 0.3) is 11.6 Å². The van der Waals surface area contributed by atoms with E-state index in [4.69, 9.17) is 4.74 Å². The molecule has 2 aromatic carbocycles. The summed E-state index contributed by atoms with van der Waals surface area (Å²) in [7, 11) is 1.45. The van der Waals surface area contributed by atoms with Crippen LogP contribution in [0, 0.1) is 21.7 Å². The molecule has 8 heteroatoms. The molecule has 1 amide bonds. The fourth-order valence-electron chi connectivity index (χ4n) is 1.77. The van der Waals surface area contributed by atoms with Crippen LogP contribution >= 0.6 is 0 Å². The maximum Gasteiger partial charge on any atom is 0.269 e. The van der Waals surface area contributed by atoms with Crippen molar-refractivity contribution in [2.24, 2.45) is 0 Å². The van der Waals surface area contributed by atoms with Crippen molar-refractivity contribution in [2.75, 3.05) is 18.6 Å². The van der Waals surface area contributed by atoms with Gasteiger partial charge in [-0.25, -0.2) is 8.78 Å². The van der Waals surface area contributed by atoms with Crippen molar-refractivity contribution in [3.8, 4) is 5.75 Å². The smallest absolute Gasteiger partial charge is 0.269 e. The van der Waals surface area contributed by atoms with Gasteiger partial charge in [-0.05, 0) is 24.3 Å². The van der Waals surface area contributed by atoms with Crippen molar-refractivity contribution in [3.63, 3.8) is 0 Å². The molecule has 0 saturated heterocycles. The molecule has 0 spiro atoms. The number of hydrogen-bond donors (Lipinski definition) is 0. The van der Waals surface area contributed by atoms with Crippen LogP contribution in [0.25, 0.3) is 0 Å². The summed E-state index contributed by atoms with van der Waals surface area (Å²) in [5, 5.41) is 10.6. The van der Waals surface area contributed by atoms with Crippen molar-refractivity contribution in [2.45, 2.75) is 0 Å². The minimum absolute atomic E-state index is 0.0979. The van der Waals surface area contributed by atoms with Crippen molar-refractivity contribution >= 4 is 17.3 Å². The van der Waals surface area contributed by atoms with Crippen molar-refractivity contribution < 1.29 is 23.2 Å². The van der Waals surface area contributed by atoms with Gasteiger partial charge < -0.3 is 9.64 Å². The van der Waals surface area contributed by atoms with Gasteiger partial charge in [-0.1, -0.05) is 0 Å². The minimum Gasteiger partial charge on any atom is -0.481 e. The zero-order valence-electron chi connectivity index (χ0n) is 12.0. The first-order chi connectivity index (χ1) is 10.9. The quantitative estimate of drug-likeness (QED) is 0.627. The largest absolute Gasteiger partial charge is 0.481 e. The number of likely N-dealkylation sites (N-methyl/N-ethyl adjacent to an activating group) is 1. The monoisotopic (exact) mass is 322 g/mol. The number of carbonyl (C=O) groups is 1. The number of carbonyl (C=O) groups excluding carboxylic acids is 1. The molecule has 0 N–H and O–H groups in total. The van der Waals surface area contributed by atoms with Gasteiger partial charge in [0, 0.05) is 30.9 Å². The summed E-state index contributed by atoms with van der Waals surface area (Å²) in [6.45, 7) is -0.462. The van der Waals surface area contributed by atoms with Gasteiger partial charge in [-0.15, -0.1) is 0 Å². The third-order valence-corrected chi connectivity index (χ3v) is 3.07. The molecule has 6 nitrogen and oxygen atoms in total. The molecule has 2 aromatic rings. The lowest BCUT2D eigenvalue weighted by molar-refractivity contribution is -0.384. The maximum atomic E-state index is 13.4. The second kappa shape index (κ2) is 6.82. The second-order valence-electron chi connectivity index (χ2n) is 4.59. The Morgan fingerprint density at radius 2 is 1.87 bits per heavy atom. The molecule has 0 saturated carbocycles. The molecule has 0 unspecified atom stereocenters. The van der Waals surface area contributed by atoms with Crippen molar-refractivity contribution in [1.29, 1.82) is 0 Å². The fourth-order valence-corrected chi connectivity index (χ4v) is 1.77. The summed E-state index contributed by atoms with van der Waals surface area (Å²) in [6.07, 6.45) is 0. The van der Waals surface area contributed by atoms with E-state index in [-0.39, 0.29) is 11.4 Å². The van der Waals surface area contributed by atoms with Crippen LogP contribution in [0.15, 0.2) is 42.5 Å². The first-order valence-corrected chi connectivity index (χ1v) is 6.47. The average molecular weight is 322 g/mol. The predicted octanol–water partition coefficient (Wildman–Crippen LogP) is 2.91. The van der Waals surface area contributed by atoms with Crippen LogP contribution in [-0.2, 0) is 4.79 Å². The highest BCUT2D eigenvalue weighted by Gasteiger charge is 2.14. The summed E-state index contributed by atoms with van der Waals surface area (Å²) in [5.41, 5.74) is 0.322. The van der Waals surface area contributed by atoms with E-state index in [2.05, 4.69) is 0 Å². The van der Waals surface area contributed by atoms with E-state index < -0.39 is 29.1 Å². The molecule has 23 heavy (non-hydrogen) atoms. The van der Waals surface area contributed by atoms with E-state index in [1.54, 1.807) is 0 Å². The minimum atomic E-state index is -0.907. The number of nitro benzene ring substituents is 1. The van der Waals surface area contributed by atoms with Gasteiger partial charge in [0.1, 0.15) is 5.82 Å². The molecule has 0 atom stereocenters. The molecule has 0 fully saturated rings. The highest BCUT2D eigenvalue weighted by Crippen LogP contribution is 2.20. The number of non-ortho nitro benzene ring substituents is 1. The Balaban J connectivity index is 2.00. The Morgan fingerprint density at radius 1 is 1.22 bits per heavy atom. The number of amides is 1. The van der Waals surface area contributed by atoms with Crippen LogP contribution in [0.5, 0.6) is 5.75 Å². The number of nitro groups is 1. The number of benzene rings is 2. The topological polar surface area (TPSA) is 72.7 Å². The van der Waals surface area contributed by atoms with E-state index in [9.17, 15) is 23.7 Å². The second-order valence-corrected chi connectivity index (χ2v) is 4.59. The van der Waals surface area contributed by atoms with Crippen molar-refractivity contribution in [3.05, 3.63) is 64.2 Å². The zero-order chi connectivity index (χ0) is 17.0. The Bertz CT molecular complexity index is 735. The van der Waals surface area contributed by atoms with E-state index in [1.807, 2.05) is 0 Å². The molecule has 0 bridgehead atoms. The first kappa shape index (κ1) is 16.3. The standard InChI is InChI=1S/C15H12F2N2O4/c1-18(11-3-5-12(6-4-11)19(21)22)15(20)9-23-14-7-2-10(16)8-13(14)17/h2-8H,9H2,1H3. The highest BCUT2D eigenvalue weighted by molar-refractivity contribution is 5.94. The van der Waals surface area contributed by atoms with E-state index in [0.717, 1.165) is 12.1 Å². The lowest BCUT2D eigenvalue weighted by Crippen LogP contribution is -2.31. The molecular formula is C15H12F2N2O4. The van der Waals surface area contributed by atoms with Crippen LogP contribution in [0.3, 0.4) is 0 Å². The van der Waals surface area contributed by atoms with E-state index >= 15 is 0 Å². The molecule has 0 radical (unpaired) electrons. The van der Waals surface area contributed by atoms with E-state index in [1.165, 1.54) is 36.2 Å². The summed E-state index contributed by atoms with van der Waals surface area (Å²) in [4.78, 5) is 23.2. The van der Waals surface area contributed by atoms with Crippen molar-refractivity contribution in [1.82, 2.24) is 0 Å². The Labute approximate surface area is 130 Å². The van der Waals surface area contributed by atoms with Gasteiger partial charge in [-0.3, -0.25) is 14.9 Å². The third-order valence-electron chi connectivity index (χ3n) is 3.07. The molecule has 0 aliphatic carbocycles. The van der Waals surface area contributed by atoms with E-state index in [0.29, 0.717) is 11.8 Å². The summed E-state index contributed by atoms with van der Waals surface area (Å²) in [5.74, 6) is -2.39. The SMILES string of the molecule is CN(C(=O)COc1ccc(F)cc1F)c1ccc([N+](=O)[O-])cc1. The number of hydrogen-bond acceptors (Lipinski definition) is 4. The van der Waals surface area contributed by atoms with Gasteiger partial charge in [0.2, 0.25) is 0 Å². The molecule has 2 rings (SSSR count). The molecule has 120 valence electrons. The van der Waals surface area contributed by atoms with Gasteiger partial charge >= 0.3 is 0 Å². The first-order valence-electron chi connectivity index (χ1n) is 6.47. The van der Waals surface area contributed by atoms with Crippen LogP contribution < -0.4 is 9.64 Å². The lowest BCUT2D eigenvalue weighted by atomic mass is 10.2. The summed E-state index contributed by atoms with van der Waals surface area (Å²) in [6, 6.07) is 8.11. The number of ether oxygens (including phenoxy) is 1.